The molecule has 0 radical (unpaired) electrons. The second kappa shape index (κ2) is 23.1. The van der Waals surface area contributed by atoms with Crippen molar-refractivity contribution in [1.82, 2.24) is 25.4 Å². The molecule has 18 nitrogen and oxygen atoms in total. The molecule has 1 saturated heterocycles. The van der Waals surface area contributed by atoms with Crippen LogP contribution in [-0.4, -0.2) is 101 Å². The van der Waals surface area contributed by atoms with Crippen molar-refractivity contribution in [2.45, 2.75) is 109 Å². The number of anilines is 2. The Kier molecular flexibility index (Phi) is 17.3. The maximum absolute atomic E-state index is 15.7. The minimum absolute atomic E-state index is 0.0112. The number of alkyl carbamates (subject to hydrolysis) is 1. The molecule has 3 heterocycles. The van der Waals surface area contributed by atoms with Crippen LogP contribution in [-0.2, 0) is 35.3 Å². The normalized spacial score (nSPS) is 18.3. The lowest BCUT2D eigenvalue weighted by Crippen LogP contribution is -2.45. The fourth-order valence-corrected chi connectivity index (χ4v) is 8.95. The van der Waals surface area contributed by atoms with Gasteiger partial charge >= 0.3 is 12.1 Å². The largest absolute Gasteiger partial charge is 0.445 e. The summed E-state index contributed by atoms with van der Waals surface area (Å²) in [5, 5.41) is 10.6. The molecule has 2 aromatic carbocycles. The van der Waals surface area contributed by atoms with E-state index in [1.54, 1.807) is 43.0 Å². The van der Waals surface area contributed by atoms with E-state index in [1.807, 2.05) is 0 Å². The number of amides is 7. The second-order valence-electron chi connectivity index (χ2n) is 18.0. The number of carbonyl (C=O) groups excluding carboxylic acids is 8. The van der Waals surface area contributed by atoms with E-state index in [4.69, 9.17) is 22.1 Å². The minimum atomic E-state index is -1.21. The molecule has 370 valence electrons. The van der Waals surface area contributed by atoms with Crippen LogP contribution in [0.1, 0.15) is 101 Å². The molecule has 1 aliphatic carbocycles. The summed E-state index contributed by atoms with van der Waals surface area (Å²) in [6.07, 6.45) is 4.38. The molecule has 0 bridgehead atoms. The smallest absolute Gasteiger partial charge is 0.407 e. The number of ketones is 2. The van der Waals surface area contributed by atoms with Gasteiger partial charge in [0.1, 0.15) is 18.6 Å². The fourth-order valence-electron chi connectivity index (χ4n) is 8.54. The number of fused-ring (bicyclic) bond motifs is 1. The van der Waals surface area contributed by atoms with E-state index in [0.29, 0.717) is 43.4 Å². The molecule has 0 spiro atoms. The maximum Gasteiger partial charge on any atom is 0.407 e. The van der Waals surface area contributed by atoms with Gasteiger partial charge in [0.25, 0.3) is 11.8 Å². The zero-order valence-electron chi connectivity index (χ0n) is 38.6. The average Bonchev–Trinajstić information content (AvgIpc) is 3.70. The van der Waals surface area contributed by atoms with Crippen LogP contribution in [0.3, 0.4) is 0 Å². The first-order valence-corrected chi connectivity index (χ1v) is 23.4. The number of primary amides is 1. The summed E-state index contributed by atoms with van der Waals surface area (Å²) < 4.78 is 36.9. The monoisotopic (exact) mass is 978 g/mol. The molecule has 2 fully saturated rings. The number of ether oxygens (including phenoxy) is 1. The van der Waals surface area contributed by atoms with Crippen molar-refractivity contribution in [1.29, 1.82) is 0 Å². The van der Waals surface area contributed by atoms with Gasteiger partial charge in [-0.15, -0.1) is 0 Å². The highest BCUT2D eigenvalue weighted by Gasteiger charge is 2.41. The number of nitrogens with two attached hydrogens (primary N) is 1. The first kappa shape index (κ1) is 51.7. The van der Waals surface area contributed by atoms with Crippen molar-refractivity contribution in [3.05, 3.63) is 80.9 Å². The predicted molar refractivity (Wildman–Crippen MR) is 252 cm³/mol. The van der Waals surface area contributed by atoms with Crippen molar-refractivity contribution in [3.8, 4) is 0 Å². The number of urea groups is 1. The van der Waals surface area contributed by atoms with Gasteiger partial charge in [-0.1, -0.05) is 44.0 Å². The van der Waals surface area contributed by atoms with E-state index in [2.05, 4.69) is 21.3 Å². The number of nitrogens with one attached hydrogen (secondary N) is 4. The van der Waals surface area contributed by atoms with E-state index >= 15 is 4.39 Å². The van der Waals surface area contributed by atoms with Gasteiger partial charge in [-0.25, -0.2) is 18.4 Å². The van der Waals surface area contributed by atoms with Gasteiger partial charge < -0.3 is 41.2 Å². The highest BCUT2D eigenvalue weighted by molar-refractivity contribution is 6.38. The van der Waals surface area contributed by atoms with E-state index in [0.717, 1.165) is 11.0 Å². The SMILES string of the molecule is CC(=O)c1cn([C@H]2C[C@@H]2F)c2c(Cl)c(N3CCC(NC(=O)OCc4ccc(NC(=O)[C@H](CCCNC(N)=O)CC(=O)[C@@H](NC(=O)CCCCCN5C(=O)C=CC5=O)C(C)C)cc4)C3)c(F)cc2c1=O. The third-order valence-corrected chi connectivity index (χ3v) is 12.7. The summed E-state index contributed by atoms with van der Waals surface area (Å²) in [7, 11) is 0. The maximum atomic E-state index is 15.7. The number of alkyl halides is 1. The molecular formula is C48H57ClF2N8O10. The number of imide groups is 1. The number of pyridine rings is 1. The Morgan fingerprint density at radius 2 is 1.68 bits per heavy atom. The van der Waals surface area contributed by atoms with Crippen LogP contribution in [0.5, 0.6) is 0 Å². The summed E-state index contributed by atoms with van der Waals surface area (Å²) in [5.74, 6) is -4.35. The number of hydrogen-bond acceptors (Lipinski definition) is 11. The number of carbonyl (C=O) groups is 8. The molecule has 69 heavy (non-hydrogen) atoms. The number of unbranched alkanes of at least 4 members (excludes halogenated alkanes) is 2. The molecule has 3 aromatic rings. The lowest BCUT2D eigenvalue weighted by Gasteiger charge is -2.24. The van der Waals surface area contributed by atoms with Crippen LogP contribution >= 0.6 is 11.6 Å². The first-order chi connectivity index (χ1) is 32.8. The molecule has 1 saturated carbocycles. The Hall–Kier alpha value is -6.70. The summed E-state index contributed by atoms with van der Waals surface area (Å²) >= 11 is 6.77. The fraction of sp³-hybridized carbons (Fsp3) is 0.479. The third kappa shape index (κ3) is 13.3. The number of benzene rings is 2. The highest BCUT2D eigenvalue weighted by atomic mass is 35.5. The van der Waals surface area contributed by atoms with Crippen molar-refractivity contribution >= 4 is 81.2 Å². The predicted octanol–water partition coefficient (Wildman–Crippen LogP) is 5.37. The second-order valence-corrected chi connectivity index (χ2v) is 18.3. The lowest BCUT2D eigenvalue weighted by atomic mass is 9.89. The zero-order valence-corrected chi connectivity index (χ0v) is 39.4. The van der Waals surface area contributed by atoms with Gasteiger partial charge in [0.15, 0.2) is 17.0 Å². The van der Waals surface area contributed by atoms with Gasteiger partial charge in [0.05, 0.1) is 45.3 Å². The molecule has 5 atom stereocenters. The molecule has 7 amide bonds. The summed E-state index contributed by atoms with van der Waals surface area (Å²) in [6, 6.07) is 4.77. The quantitative estimate of drug-likeness (QED) is 0.0459. The van der Waals surface area contributed by atoms with Gasteiger partial charge in [-0.2, -0.15) is 0 Å². The number of halogens is 3. The molecule has 2 aliphatic heterocycles. The molecular weight excluding hydrogens is 922 g/mol. The Balaban J connectivity index is 0.992. The number of nitrogens with zero attached hydrogens (tertiary/aromatic N) is 3. The number of rotatable bonds is 23. The zero-order chi connectivity index (χ0) is 50.1. The van der Waals surface area contributed by atoms with Gasteiger partial charge in [0.2, 0.25) is 11.8 Å². The summed E-state index contributed by atoms with van der Waals surface area (Å²) in [4.78, 5) is 116. The minimum Gasteiger partial charge on any atom is -0.445 e. The van der Waals surface area contributed by atoms with Gasteiger partial charge in [0, 0.05) is 75.4 Å². The van der Waals surface area contributed by atoms with E-state index in [9.17, 15) is 47.5 Å². The Bertz CT molecular complexity index is 2570. The van der Waals surface area contributed by atoms with E-state index in [-0.39, 0.29) is 115 Å². The van der Waals surface area contributed by atoms with Gasteiger partial charge in [-0.3, -0.25) is 38.5 Å². The van der Waals surface area contributed by atoms with E-state index in [1.165, 1.54) is 29.8 Å². The standard InChI is InChI=1S/C48H57ClF2N8O10/c1-26(2)42(56-38(62)9-5-4-6-18-58-39(63)14-15-40(58)64)37(61)20-29(8-7-17-53-47(52)67)46(66)54-30-12-10-28(11-13-30)25-69-48(68)55-31-16-19-57(23-31)44-35(51)21-32-43(41(44)49)59(36-22-34(36)50)24-33(27(3)60)45(32)65/h10-15,21,24,26,29,31,34,36,42H,4-9,16-20,22-23,25H2,1-3H3,(H,54,66)(H,55,68)(H,56,62)(H3,52,53,67)/t29-,31?,34+,36+,42+/m1/s1. The number of aromatic nitrogens is 1. The van der Waals surface area contributed by atoms with Crippen molar-refractivity contribution in [2.75, 3.05) is 36.4 Å². The van der Waals surface area contributed by atoms with Crippen LogP contribution in [0.25, 0.3) is 10.9 Å². The topological polar surface area (TPSA) is 248 Å². The molecule has 6 N–H and O–H groups in total. The third-order valence-electron chi connectivity index (χ3n) is 12.4. The molecule has 1 unspecified atom stereocenters. The van der Waals surface area contributed by atoms with Crippen LogP contribution in [0.4, 0.5) is 29.7 Å². The lowest BCUT2D eigenvalue weighted by molar-refractivity contribution is -0.137. The Labute approximate surface area is 401 Å². The molecule has 21 heteroatoms. The Morgan fingerprint density at radius 1 is 0.986 bits per heavy atom. The summed E-state index contributed by atoms with van der Waals surface area (Å²) in [6.45, 7) is 5.49. The Morgan fingerprint density at radius 3 is 2.32 bits per heavy atom. The van der Waals surface area contributed by atoms with Crippen molar-refractivity contribution < 1.29 is 51.9 Å². The highest BCUT2D eigenvalue weighted by Crippen LogP contribution is 2.44. The van der Waals surface area contributed by atoms with Crippen LogP contribution in [0, 0.1) is 17.7 Å². The van der Waals surface area contributed by atoms with Crippen LogP contribution in [0.2, 0.25) is 5.02 Å². The van der Waals surface area contributed by atoms with Crippen molar-refractivity contribution in [2.24, 2.45) is 17.6 Å². The summed E-state index contributed by atoms with van der Waals surface area (Å²) in [5.41, 5.74) is 5.41. The molecule has 6 rings (SSSR count). The number of Topliss-reactive ketones (excluding diaryl/α,β-unsaturated/α-hetero) is 2. The molecule has 1 aromatic heterocycles. The first-order valence-electron chi connectivity index (χ1n) is 23.0. The molecule has 3 aliphatic rings. The number of hydrogen-bond donors (Lipinski definition) is 5. The van der Waals surface area contributed by atoms with Crippen LogP contribution < -0.4 is 37.3 Å². The van der Waals surface area contributed by atoms with Gasteiger partial charge in [-0.05, 0) is 68.7 Å². The van der Waals surface area contributed by atoms with Crippen LogP contribution in [0.15, 0.2) is 53.5 Å². The van der Waals surface area contributed by atoms with E-state index < -0.39 is 65.3 Å². The average molecular weight is 979 g/mol. The van der Waals surface area contributed by atoms with Crippen molar-refractivity contribution in [3.63, 3.8) is 0 Å².